The van der Waals surface area contributed by atoms with Gasteiger partial charge in [-0.15, -0.1) is 0 Å². The summed E-state index contributed by atoms with van der Waals surface area (Å²) in [7, 11) is -4.22. The molecular weight excluding hydrogens is 412 g/mol. The van der Waals surface area contributed by atoms with Gasteiger partial charge in [-0.05, 0) is 45.5 Å². The van der Waals surface area contributed by atoms with E-state index in [0.29, 0.717) is 5.56 Å². The van der Waals surface area contributed by atoms with Crippen LogP contribution in [-0.4, -0.2) is 22.7 Å². The van der Waals surface area contributed by atoms with Crippen molar-refractivity contribution >= 4 is 52.4 Å². The third-order valence-corrected chi connectivity index (χ3v) is 4.41. The van der Waals surface area contributed by atoms with Crippen LogP contribution in [0.3, 0.4) is 0 Å². The number of fused-ring (bicyclic) bond motifs is 3. The Hall–Kier alpha value is -2.03. The van der Waals surface area contributed by atoms with Gasteiger partial charge in [0.1, 0.15) is 0 Å². The van der Waals surface area contributed by atoms with E-state index in [2.05, 4.69) is 27.6 Å². The largest absolute Gasteiger partial charge is 0.734 e. The summed E-state index contributed by atoms with van der Waals surface area (Å²) in [4.78, 5) is 4.09. The molecule has 0 N–H and O–H groups in total. The van der Waals surface area contributed by atoms with Crippen molar-refractivity contribution < 1.29 is 17.8 Å². The number of halogens is 3. The van der Waals surface area contributed by atoms with Gasteiger partial charge in [-0.1, -0.05) is 35.3 Å². The summed E-state index contributed by atoms with van der Waals surface area (Å²) in [6.45, 7) is 0. The molecule has 23 heavy (non-hydrogen) atoms. The number of hydrogen-bond acceptors (Lipinski definition) is 2. The summed E-state index contributed by atoms with van der Waals surface area (Å²) < 4.78 is 35.6. The van der Waals surface area contributed by atoms with Crippen molar-refractivity contribution in [1.29, 1.82) is 0 Å². The Kier molecular flexibility index (Phi) is 3.33. The lowest BCUT2D eigenvalue weighted by atomic mass is 9.96. The molecule has 0 unspecified atom stereocenters. The molecule has 3 aromatic rings. The van der Waals surface area contributed by atoms with E-state index in [-0.39, 0.29) is 11.6 Å². The van der Waals surface area contributed by atoms with Gasteiger partial charge >= 0.3 is 7.04 Å². The fraction of sp³-hybridized carbons (Fsp3) is 0. The predicted octanol–water partition coefficient (Wildman–Crippen LogP) is 4.37. The zero-order valence-electron chi connectivity index (χ0n) is 11.8. The maximum absolute atomic E-state index is 14.4. The van der Waals surface area contributed by atoms with Crippen molar-refractivity contribution in [2.45, 2.75) is 0 Å². The lowest BCUT2D eigenvalue weighted by molar-refractivity contribution is -0.348. The van der Waals surface area contributed by atoms with E-state index < -0.39 is 7.04 Å². The number of nitrogens with zero attached hydrogens (tertiary/aromatic N) is 2. The van der Waals surface area contributed by atoms with Gasteiger partial charge in [-0.3, -0.25) is 0 Å². The SMILES string of the molecule is F[B-]1(F)Oc2ccc3ccccc3c2C=[N+]1c1ccc(I)cn1. The lowest BCUT2D eigenvalue weighted by Gasteiger charge is -2.31. The summed E-state index contributed by atoms with van der Waals surface area (Å²) in [5.41, 5.74) is 0.635. The van der Waals surface area contributed by atoms with Crippen LogP contribution in [0.15, 0.2) is 54.7 Å². The molecule has 0 saturated carbocycles. The lowest BCUT2D eigenvalue weighted by Crippen LogP contribution is -2.46. The van der Waals surface area contributed by atoms with Crippen LogP contribution in [0.1, 0.15) is 5.56 Å². The summed E-state index contributed by atoms with van der Waals surface area (Å²) >= 11 is 2.08. The van der Waals surface area contributed by atoms with E-state index in [1.165, 1.54) is 6.21 Å². The van der Waals surface area contributed by atoms with Gasteiger partial charge in [0.25, 0.3) is 5.82 Å². The fourth-order valence-electron chi connectivity index (χ4n) is 2.69. The first-order valence-corrected chi connectivity index (χ1v) is 8.09. The van der Waals surface area contributed by atoms with Crippen LogP contribution in [0.2, 0.25) is 0 Å². The first kappa shape index (κ1) is 14.6. The highest BCUT2D eigenvalue weighted by Gasteiger charge is 2.45. The summed E-state index contributed by atoms with van der Waals surface area (Å²) in [5, 5.41) is 1.84. The second kappa shape index (κ2) is 5.26. The van der Waals surface area contributed by atoms with Crippen molar-refractivity contribution in [3.05, 3.63) is 63.9 Å². The highest BCUT2D eigenvalue weighted by molar-refractivity contribution is 14.1. The minimum Gasteiger partial charge on any atom is -0.623 e. The molecule has 3 nitrogen and oxygen atoms in total. The third kappa shape index (κ3) is 2.48. The fourth-order valence-corrected chi connectivity index (χ4v) is 3.01. The van der Waals surface area contributed by atoms with E-state index in [4.69, 9.17) is 4.65 Å². The maximum Gasteiger partial charge on any atom is 0.734 e. The second-order valence-corrected chi connectivity index (χ2v) is 6.49. The molecule has 0 radical (unpaired) electrons. The predicted molar refractivity (Wildman–Crippen MR) is 94.6 cm³/mol. The number of hydrogen-bond donors (Lipinski definition) is 0. The van der Waals surface area contributed by atoms with Crippen molar-refractivity contribution in [3.63, 3.8) is 0 Å². The minimum absolute atomic E-state index is 0.161. The molecule has 114 valence electrons. The van der Waals surface area contributed by atoms with E-state index in [1.54, 1.807) is 30.5 Å². The Morgan fingerprint density at radius 2 is 1.87 bits per heavy atom. The molecular formula is C16H10BF2IN2O. The van der Waals surface area contributed by atoms with E-state index in [1.807, 2.05) is 24.3 Å². The highest BCUT2D eigenvalue weighted by atomic mass is 127. The molecule has 0 fully saturated rings. The van der Waals surface area contributed by atoms with Gasteiger partial charge in [-0.2, -0.15) is 0 Å². The van der Waals surface area contributed by atoms with Crippen LogP contribution in [-0.2, 0) is 0 Å². The van der Waals surface area contributed by atoms with E-state index in [9.17, 15) is 8.63 Å². The summed E-state index contributed by atoms with van der Waals surface area (Å²) in [6.07, 6.45) is 2.98. The Bertz CT molecular complexity index is 944. The Labute approximate surface area is 144 Å². The Balaban J connectivity index is 1.97. The van der Waals surface area contributed by atoms with Gasteiger partial charge < -0.3 is 17.8 Å². The van der Waals surface area contributed by atoms with Crippen LogP contribution in [0.25, 0.3) is 10.8 Å². The number of aromatic nitrogens is 1. The third-order valence-electron chi connectivity index (χ3n) is 3.77. The summed E-state index contributed by atoms with van der Waals surface area (Å²) in [5.74, 6) is 0.351. The number of benzene rings is 2. The monoisotopic (exact) mass is 422 g/mol. The standard InChI is InChI=1S/C16H10BF2IN2O/c18-17(19)22(16-8-6-12(20)9-21-16)10-14-13-4-2-1-3-11(13)5-7-15(14)23-17/h1-10H. The average molecular weight is 422 g/mol. The maximum atomic E-state index is 14.4. The second-order valence-electron chi connectivity index (χ2n) is 5.25. The molecule has 7 heteroatoms. The van der Waals surface area contributed by atoms with Crippen LogP contribution >= 0.6 is 22.6 Å². The normalized spacial score (nSPS) is 15.7. The van der Waals surface area contributed by atoms with Crippen LogP contribution in [0, 0.1) is 3.57 Å². The number of rotatable bonds is 1. The Morgan fingerprint density at radius 1 is 1.04 bits per heavy atom. The van der Waals surface area contributed by atoms with Crippen LogP contribution in [0.4, 0.5) is 14.4 Å². The average Bonchev–Trinajstić information content (AvgIpc) is 2.54. The van der Waals surface area contributed by atoms with Gasteiger partial charge in [0.2, 0.25) is 0 Å². The van der Waals surface area contributed by atoms with Crippen molar-refractivity contribution in [2.24, 2.45) is 0 Å². The molecule has 1 aromatic heterocycles. The van der Waals surface area contributed by atoms with Crippen LogP contribution in [0.5, 0.6) is 5.75 Å². The van der Waals surface area contributed by atoms with Gasteiger partial charge in [0.05, 0.1) is 21.1 Å². The molecule has 1 aliphatic rings. The first-order chi connectivity index (χ1) is 11.0. The van der Waals surface area contributed by atoms with E-state index >= 15 is 0 Å². The van der Waals surface area contributed by atoms with Crippen molar-refractivity contribution in [3.8, 4) is 5.75 Å². The van der Waals surface area contributed by atoms with Gasteiger partial charge in [0, 0.05) is 6.07 Å². The molecule has 0 atom stereocenters. The van der Waals surface area contributed by atoms with Gasteiger partial charge in [0.15, 0.2) is 6.20 Å². The molecule has 2 aromatic carbocycles. The number of pyridine rings is 1. The molecule has 0 amide bonds. The van der Waals surface area contributed by atoms with Gasteiger partial charge in [-0.25, -0.2) is 0 Å². The minimum atomic E-state index is -4.22. The topological polar surface area (TPSA) is 25.1 Å². The van der Waals surface area contributed by atoms with Crippen molar-refractivity contribution in [1.82, 2.24) is 4.98 Å². The molecule has 0 saturated heterocycles. The Morgan fingerprint density at radius 3 is 2.65 bits per heavy atom. The van der Waals surface area contributed by atoms with Crippen molar-refractivity contribution in [2.75, 3.05) is 0 Å². The highest BCUT2D eigenvalue weighted by Crippen LogP contribution is 2.34. The molecule has 4 rings (SSSR count). The zero-order chi connectivity index (χ0) is 16.0. The molecule has 2 heterocycles. The summed E-state index contributed by atoms with van der Waals surface area (Å²) in [6, 6.07) is 14.3. The smallest absolute Gasteiger partial charge is 0.623 e. The molecule has 0 aliphatic carbocycles. The molecule has 0 bridgehead atoms. The van der Waals surface area contributed by atoms with E-state index in [0.717, 1.165) is 18.8 Å². The quantitative estimate of drug-likeness (QED) is 0.430. The van der Waals surface area contributed by atoms with Crippen LogP contribution < -0.4 is 4.65 Å². The molecule has 0 spiro atoms. The zero-order valence-corrected chi connectivity index (χ0v) is 13.9. The molecule has 1 aliphatic heterocycles. The first-order valence-electron chi connectivity index (χ1n) is 7.01.